The molecule has 96 valence electrons. The monoisotopic (exact) mass is 264 g/mol. The van der Waals surface area contributed by atoms with E-state index in [1.807, 2.05) is 0 Å². The minimum absolute atomic E-state index is 0.842. The Morgan fingerprint density at radius 2 is 1.37 bits per heavy atom. The van der Waals surface area contributed by atoms with Crippen molar-refractivity contribution in [1.82, 2.24) is 0 Å². The summed E-state index contributed by atoms with van der Waals surface area (Å²) in [5.41, 5.74) is 2.73. The highest BCUT2D eigenvalue weighted by molar-refractivity contribution is 6.80. The number of benzene rings is 2. The highest BCUT2D eigenvalue weighted by atomic mass is 27.2. The standard InChI is InChI=1S/C14H11.2C2H5.Al/c1-3-7-13(8-4-1)11-12-14-9-5-2-6-10-14;2*1-2;/h1-11H;2*1H2,2H3;. The van der Waals surface area contributed by atoms with Crippen LogP contribution in [0.15, 0.2) is 60.7 Å². The van der Waals surface area contributed by atoms with Crippen molar-refractivity contribution in [3.8, 4) is 0 Å². The van der Waals surface area contributed by atoms with Crippen LogP contribution in [0.3, 0.4) is 0 Å². The maximum Gasteiger partial charge on any atom is 0.306 e. The van der Waals surface area contributed by atoms with Crippen molar-refractivity contribution in [2.75, 3.05) is 0 Å². The molecule has 0 atom stereocenters. The van der Waals surface area contributed by atoms with Crippen molar-refractivity contribution in [3.05, 3.63) is 71.8 Å². The first-order valence-electron chi connectivity index (χ1n) is 7.17. The zero-order chi connectivity index (χ0) is 13.5. The Morgan fingerprint density at radius 3 is 1.89 bits per heavy atom. The molecule has 0 spiro atoms. The van der Waals surface area contributed by atoms with Gasteiger partial charge in [0.05, 0.1) is 0 Å². The Labute approximate surface area is 121 Å². The summed E-state index contributed by atoms with van der Waals surface area (Å²) in [5.74, 6) is 0. The fourth-order valence-corrected chi connectivity index (χ4v) is 5.07. The number of hydrogen-bond donors (Lipinski definition) is 0. The van der Waals surface area contributed by atoms with Crippen LogP contribution in [0.25, 0.3) is 10.5 Å². The van der Waals surface area contributed by atoms with E-state index >= 15 is 0 Å². The van der Waals surface area contributed by atoms with Crippen LogP contribution < -0.4 is 0 Å². The van der Waals surface area contributed by atoms with Gasteiger partial charge in [-0.2, -0.15) is 0 Å². The molecule has 0 nitrogen and oxygen atoms in total. The molecule has 0 aliphatic heterocycles. The third-order valence-electron chi connectivity index (χ3n) is 3.65. The van der Waals surface area contributed by atoms with E-state index in [9.17, 15) is 0 Å². The van der Waals surface area contributed by atoms with Crippen LogP contribution in [0, 0.1) is 0 Å². The Bertz CT molecular complexity index is 510. The van der Waals surface area contributed by atoms with Gasteiger partial charge in [-0.15, -0.1) is 4.44 Å². The van der Waals surface area contributed by atoms with Crippen LogP contribution in [0.4, 0.5) is 0 Å². The summed E-state index contributed by atoms with van der Waals surface area (Å²) in [6.45, 7) is 4.67. The highest BCUT2D eigenvalue weighted by Gasteiger charge is 2.18. The summed E-state index contributed by atoms with van der Waals surface area (Å²) in [4.78, 5) is 0. The molecule has 0 unspecified atom stereocenters. The van der Waals surface area contributed by atoms with Crippen molar-refractivity contribution >= 4 is 24.7 Å². The fraction of sp³-hybridized carbons (Fsp3) is 0.222. The molecule has 0 amide bonds. The van der Waals surface area contributed by atoms with E-state index in [0.717, 1.165) is 0 Å². The Kier molecular flexibility index (Phi) is 5.46. The summed E-state index contributed by atoms with van der Waals surface area (Å²) in [6.07, 6.45) is 2.40. The minimum atomic E-state index is -0.842. The molecular formula is C18H21Al. The van der Waals surface area contributed by atoms with Crippen LogP contribution in [0.5, 0.6) is 0 Å². The van der Waals surface area contributed by atoms with Gasteiger partial charge in [0.15, 0.2) is 0 Å². The fourth-order valence-electron chi connectivity index (χ4n) is 2.52. The van der Waals surface area contributed by atoms with Crippen molar-refractivity contribution in [1.29, 1.82) is 0 Å². The van der Waals surface area contributed by atoms with Crippen molar-refractivity contribution in [3.63, 3.8) is 0 Å². The van der Waals surface area contributed by atoms with Crippen LogP contribution in [-0.2, 0) is 0 Å². The molecule has 0 fully saturated rings. The average molecular weight is 264 g/mol. The predicted molar refractivity (Wildman–Crippen MR) is 87.5 cm³/mol. The van der Waals surface area contributed by atoms with Crippen LogP contribution in [0.1, 0.15) is 25.0 Å². The Balaban J connectivity index is 2.43. The lowest BCUT2D eigenvalue weighted by molar-refractivity contribution is 1.33. The smallest absolute Gasteiger partial charge is 0.103 e. The summed E-state index contributed by atoms with van der Waals surface area (Å²) in [6, 6.07) is 21.6. The summed E-state index contributed by atoms with van der Waals surface area (Å²) in [7, 11) is 0. The predicted octanol–water partition coefficient (Wildman–Crippen LogP) is 5.30. The molecule has 2 aromatic rings. The van der Waals surface area contributed by atoms with E-state index in [2.05, 4.69) is 80.6 Å². The maximum atomic E-state index is 2.40. The molecule has 0 aromatic heterocycles. The number of rotatable bonds is 5. The van der Waals surface area contributed by atoms with Gasteiger partial charge in [0.25, 0.3) is 0 Å². The zero-order valence-electron chi connectivity index (χ0n) is 11.8. The van der Waals surface area contributed by atoms with E-state index in [1.165, 1.54) is 21.7 Å². The SMILES string of the molecule is C[CH2][Al]([CH2]C)/[C](=C/c1ccccc1)c1ccccc1. The summed E-state index contributed by atoms with van der Waals surface area (Å²) in [5, 5.41) is 2.65. The molecule has 0 saturated carbocycles. The first-order valence-corrected chi connectivity index (χ1v) is 9.38. The lowest BCUT2D eigenvalue weighted by Gasteiger charge is -2.14. The van der Waals surface area contributed by atoms with E-state index < -0.39 is 14.1 Å². The Hall–Kier alpha value is -1.29. The molecule has 2 rings (SSSR count). The van der Waals surface area contributed by atoms with E-state index in [-0.39, 0.29) is 0 Å². The number of hydrogen-bond acceptors (Lipinski definition) is 0. The first kappa shape index (κ1) is 14.1. The van der Waals surface area contributed by atoms with Gasteiger partial charge in [-0.25, -0.2) is 0 Å². The van der Waals surface area contributed by atoms with Crippen molar-refractivity contribution in [2.45, 2.75) is 24.4 Å². The molecule has 0 bridgehead atoms. The van der Waals surface area contributed by atoms with Crippen LogP contribution in [0.2, 0.25) is 10.6 Å². The molecule has 1 heteroatoms. The van der Waals surface area contributed by atoms with Gasteiger partial charge >= 0.3 is 14.1 Å². The third-order valence-corrected chi connectivity index (χ3v) is 7.01. The third kappa shape index (κ3) is 3.84. The molecule has 19 heavy (non-hydrogen) atoms. The molecule has 2 aromatic carbocycles. The maximum absolute atomic E-state index is 2.40. The van der Waals surface area contributed by atoms with Gasteiger partial charge in [-0.3, -0.25) is 0 Å². The average Bonchev–Trinajstić information content (AvgIpc) is 2.49. The zero-order valence-corrected chi connectivity index (χ0v) is 13.0. The topological polar surface area (TPSA) is 0 Å². The first-order chi connectivity index (χ1) is 9.35. The van der Waals surface area contributed by atoms with E-state index in [1.54, 1.807) is 4.44 Å². The van der Waals surface area contributed by atoms with E-state index in [0.29, 0.717) is 0 Å². The quantitative estimate of drug-likeness (QED) is 0.507. The molecule has 0 aliphatic rings. The molecule has 0 radical (unpaired) electrons. The lowest BCUT2D eigenvalue weighted by atomic mass is 10.1. The largest absolute Gasteiger partial charge is 0.306 e. The summed E-state index contributed by atoms with van der Waals surface area (Å²) >= 11 is -0.842. The van der Waals surface area contributed by atoms with Gasteiger partial charge in [0, 0.05) is 0 Å². The Morgan fingerprint density at radius 1 is 0.842 bits per heavy atom. The van der Waals surface area contributed by atoms with Gasteiger partial charge in [0.2, 0.25) is 0 Å². The van der Waals surface area contributed by atoms with Crippen molar-refractivity contribution < 1.29 is 0 Å². The molecular weight excluding hydrogens is 243 g/mol. The summed E-state index contributed by atoms with van der Waals surface area (Å²) < 4.78 is 1.59. The molecule has 0 N–H and O–H groups in total. The van der Waals surface area contributed by atoms with Gasteiger partial charge in [0.1, 0.15) is 0 Å². The van der Waals surface area contributed by atoms with Crippen molar-refractivity contribution in [2.24, 2.45) is 0 Å². The van der Waals surface area contributed by atoms with Crippen LogP contribution >= 0.6 is 0 Å². The van der Waals surface area contributed by atoms with E-state index in [4.69, 9.17) is 0 Å². The van der Waals surface area contributed by atoms with Crippen LogP contribution in [-0.4, -0.2) is 14.1 Å². The second kappa shape index (κ2) is 7.34. The van der Waals surface area contributed by atoms with Gasteiger partial charge < -0.3 is 0 Å². The lowest BCUT2D eigenvalue weighted by Crippen LogP contribution is -2.12. The second-order valence-corrected chi connectivity index (χ2v) is 8.54. The molecule has 0 saturated heterocycles. The van der Waals surface area contributed by atoms with Gasteiger partial charge in [-0.05, 0) is 11.1 Å². The minimum Gasteiger partial charge on any atom is -0.103 e. The highest BCUT2D eigenvalue weighted by Crippen LogP contribution is 2.24. The normalized spacial score (nSPS) is 11.4. The molecule has 0 aliphatic carbocycles. The van der Waals surface area contributed by atoms with Gasteiger partial charge in [-0.1, -0.05) is 91.2 Å². The second-order valence-electron chi connectivity index (χ2n) is 4.89. The molecule has 0 heterocycles.